The van der Waals surface area contributed by atoms with Crippen LogP contribution in [-0.2, 0) is 0 Å². The Bertz CT molecular complexity index is 662. The molecule has 0 saturated carbocycles. The molecule has 24 heavy (non-hydrogen) atoms. The summed E-state index contributed by atoms with van der Waals surface area (Å²) in [4.78, 5) is 6.57. The van der Waals surface area contributed by atoms with E-state index in [9.17, 15) is 13.2 Å². The summed E-state index contributed by atoms with van der Waals surface area (Å²) in [6.45, 7) is 3.57. The van der Waals surface area contributed by atoms with Crippen molar-refractivity contribution in [2.24, 2.45) is 0 Å². The maximum atomic E-state index is 13.4. The number of hydrogen-bond donors (Lipinski definition) is 1. The maximum Gasteiger partial charge on any atom is 0.194 e. The Morgan fingerprint density at radius 3 is 2.38 bits per heavy atom. The Labute approximate surface area is 139 Å². The largest absolute Gasteiger partial charge is 0.357 e. The van der Waals surface area contributed by atoms with E-state index in [1.54, 1.807) is 6.20 Å². The van der Waals surface area contributed by atoms with E-state index in [0.29, 0.717) is 5.56 Å². The number of nitrogens with one attached hydrogen (secondary N) is 1. The molecule has 6 heteroatoms. The van der Waals surface area contributed by atoms with Gasteiger partial charge < -0.3 is 10.2 Å². The molecular formula is C18H20F3N3. The summed E-state index contributed by atoms with van der Waals surface area (Å²) in [7, 11) is 0. The molecule has 1 saturated heterocycles. The van der Waals surface area contributed by atoms with Gasteiger partial charge in [-0.1, -0.05) is 6.07 Å². The fourth-order valence-corrected chi connectivity index (χ4v) is 3.09. The lowest BCUT2D eigenvalue weighted by Crippen LogP contribution is -2.43. The quantitative estimate of drug-likeness (QED) is 0.861. The van der Waals surface area contributed by atoms with Gasteiger partial charge in [-0.25, -0.2) is 18.2 Å². The molecule has 128 valence electrons. The van der Waals surface area contributed by atoms with Gasteiger partial charge in [0.2, 0.25) is 0 Å². The van der Waals surface area contributed by atoms with E-state index in [1.165, 1.54) is 0 Å². The first-order chi connectivity index (χ1) is 11.5. The average molecular weight is 335 g/mol. The van der Waals surface area contributed by atoms with Crippen LogP contribution in [0.5, 0.6) is 0 Å². The van der Waals surface area contributed by atoms with Crippen LogP contribution in [-0.4, -0.2) is 24.1 Å². The van der Waals surface area contributed by atoms with E-state index in [2.05, 4.69) is 15.2 Å². The van der Waals surface area contributed by atoms with Crippen LogP contribution in [0, 0.1) is 17.5 Å². The fourth-order valence-electron chi connectivity index (χ4n) is 3.09. The van der Waals surface area contributed by atoms with Crippen LogP contribution in [0.3, 0.4) is 0 Å². The zero-order chi connectivity index (χ0) is 17.1. The standard InChI is InChI=1S/C18H20F3N3/c1-12(13-10-15(19)18(21)16(20)11-13)23-14-5-8-24(9-6-14)17-4-2-3-7-22-17/h2-4,7,10-12,14,23H,5-6,8-9H2,1H3/t12-/m1/s1. The van der Waals surface area contributed by atoms with Crippen molar-refractivity contribution in [1.29, 1.82) is 0 Å². The molecule has 0 amide bonds. The molecule has 0 unspecified atom stereocenters. The highest BCUT2D eigenvalue weighted by Gasteiger charge is 2.22. The van der Waals surface area contributed by atoms with Gasteiger partial charge in [0.15, 0.2) is 17.5 Å². The summed E-state index contributed by atoms with van der Waals surface area (Å²) >= 11 is 0. The SMILES string of the molecule is C[C@@H](NC1CCN(c2ccccn2)CC1)c1cc(F)c(F)c(F)c1. The number of hydrogen-bond acceptors (Lipinski definition) is 3. The highest BCUT2D eigenvalue weighted by molar-refractivity contribution is 5.38. The van der Waals surface area contributed by atoms with Crippen LogP contribution < -0.4 is 10.2 Å². The third kappa shape index (κ3) is 3.70. The van der Waals surface area contributed by atoms with Crippen molar-refractivity contribution in [3.05, 3.63) is 59.5 Å². The Hall–Kier alpha value is -2.08. The predicted molar refractivity (Wildman–Crippen MR) is 87.3 cm³/mol. The first kappa shape index (κ1) is 16.8. The summed E-state index contributed by atoms with van der Waals surface area (Å²) in [6.07, 6.45) is 3.60. The molecule has 0 bridgehead atoms. The molecule has 3 nitrogen and oxygen atoms in total. The minimum Gasteiger partial charge on any atom is -0.357 e. The molecule has 0 radical (unpaired) electrons. The molecule has 2 aromatic rings. The molecule has 1 atom stereocenters. The Morgan fingerprint density at radius 1 is 1.12 bits per heavy atom. The number of anilines is 1. The Kier molecular flexibility index (Phi) is 5.04. The van der Waals surface area contributed by atoms with Crippen LogP contribution >= 0.6 is 0 Å². The summed E-state index contributed by atoms with van der Waals surface area (Å²) in [5.74, 6) is -2.76. The Balaban J connectivity index is 1.58. The third-order valence-corrected chi connectivity index (χ3v) is 4.46. The molecule has 2 heterocycles. The molecule has 1 aromatic carbocycles. The van der Waals surface area contributed by atoms with E-state index in [0.717, 1.165) is 43.9 Å². The topological polar surface area (TPSA) is 28.2 Å². The minimum atomic E-state index is -1.42. The second kappa shape index (κ2) is 7.21. The smallest absolute Gasteiger partial charge is 0.194 e. The van der Waals surface area contributed by atoms with Crippen LogP contribution in [0.4, 0.5) is 19.0 Å². The molecule has 1 aromatic heterocycles. The fraction of sp³-hybridized carbons (Fsp3) is 0.389. The number of piperidine rings is 1. The Morgan fingerprint density at radius 2 is 1.79 bits per heavy atom. The van der Waals surface area contributed by atoms with Gasteiger partial charge in [0, 0.05) is 31.4 Å². The van der Waals surface area contributed by atoms with Gasteiger partial charge in [-0.15, -0.1) is 0 Å². The molecule has 0 aliphatic carbocycles. The molecule has 1 aliphatic heterocycles. The van der Waals surface area contributed by atoms with Crippen LogP contribution in [0.1, 0.15) is 31.4 Å². The summed E-state index contributed by atoms with van der Waals surface area (Å²) < 4.78 is 39.8. The number of pyridine rings is 1. The van der Waals surface area contributed by atoms with Gasteiger partial charge in [0.25, 0.3) is 0 Å². The monoisotopic (exact) mass is 335 g/mol. The van der Waals surface area contributed by atoms with Crippen molar-refractivity contribution in [3.63, 3.8) is 0 Å². The summed E-state index contributed by atoms with van der Waals surface area (Å²) in [5.41, 5.74) is 0.415. The van der Waals surface area contributed by atoms with Crippen LogP contribution in [0.15, 0.2) is 36.5 Å². The first-order valence-corrected chi connectivity index (χ1v) is 8.11. The average Bonchev–Trinajstić information content (AvgIpc) is 2.60. The zero-order valence-corrected chi connectivity index (χ0v) is 13.5. The minimum absolute atomic E-state index is 0.246. The number of aromatic nitrogens is 1. The van der Waals surface area contributed by atoms with Crippen molar-refractivity contribution < 1.29 is 13.2 Å². The normalized spacial score (nSPS) is 17.1. The van der Waals surface area contributed by atoms with Gasteiger partial charge in [0.05, 0.1) is 0 Å². The predicted octanol–water partition coefficient (Wildman–Crippen LogP) is 3.82. The summed E-state index contributed by atoms with van der Waals surface area (Å²) in [6, 6.07) is 7.95. The highest BCUT2D eigenvalue weighted by atomic mass is 19.2. The molecule has 0 spiro atoms. The maximum absolute atomic E-state index is 13.4. The van der Waals surface area contributed by atoms with Crippen LogP contribution in [0.25, 0.3) is 0 Å². The third-order valence-electron chi connectivity index (χ3n) is 4.46. The number of rotatable bonds is 4. The van der Waals surface area contributed by atoms with Gasteiger partial charge in [-0.2, -0.15) is 0 Å². The molecule has 1 fully saturated rings. The number of halogens is 3. The number of nitrogens with zero attached hydrogens (tertiary/aromatic N) is 2. The highest BCUT2D eigenvalue weighted by Crippen LogP contribution is 2.22. The second-order valence-corrected chi connectivity index (χ2v) is 6.14. The van der Waals surface area contributed by atoms with E-state index >= 15 is 0 Å². The molecule has 3 rings (SSSR count). The van der Waals surface area contributed by atoms with Crippen molar-refractivity contribution >= 4 is 5.82 Å². The lowest BCUT2D eigenvalue weighted by Gasteiger charge is -2.34. The number of benzene rings is 1. The van der Waals surface area contributed by atoms with Crippen molar-refractivity contribution in [1.82, 2.24) is 10.3 Å². The van der Waals surface area contributed by atoms with E-state index in [-0.39, 0.29) is 12.1 Å². The van der Waals surface area contributed by atoms with Crippen LogP contribution in [0.2, 0.25) is 0 Å². The van der Waals surface area contributed by atoms with Crippen molar-refractivity contribution in [2.75, 3.05) is 18.0 Å². The summed E-state index contributed by atoms with van der Waals surface area (Å²) in [5, 5.41) is 3.38. The second-order valence-electron chi connectivity index (χ2n) is 6.14. The van der Waals surface area contributed by atoms with E-state index < -0.39 is 17.5 Å². The van der Waals surface area contributed by atoms with Gasteiger partial charge >= 0.3 is 0 Å². The van der Waals surface area contributed by atoms with Crippen molar-refractivity contribution in [3.8, 4) is 0 Å². The van der Waals surface area contributed by atoms with E-state index in [4.69, 9.17) is 0 Å². The van der Waals surface area contributed by atoms with Gasteiger partial charge in [0.1, 0.15) is 5.82 Å². The first-order valence-electron chi connectivity index (χ1n) is 8.11. The van der Waals surface area contributed by atoms with E-state index in [1.807, 2.05) is 25.1 Å². The zero-order valence-electron chi connectivity index (χ0n) is 13.5. The lowest BCUT2D eigenvalue weighted by molar-refractivity contribution is 0.376. The molecule has 1 N–H and O–H groups in total. The molecule has 1 aliphatic rings. The van der Waals surface area contributed by atoms with Crippen molar-refractivity contribution in [2.45, 2.75) is 31.8 Å². The molecular weight excluding hydrogens is 315 g/mol. The lowest BCUT2D eigenvalue weighted by atomic mass is 10.0. The van der Waals surface area contributed by atoms with Gasteiger partial charge in [-0.05, 0) is 49.6 Å². The van der Waals surface area contributed by atoms with Gasteiger partial charge in [-0.3, -0.25) is 0 Å².